The van der Waals surface area contributed by atoms with Gasteiger partial charge in [0.2, 0.25) is 5.91 Å². The molecule has 0 rings (SSSR count). The van der Waals surface area contributed by atoms with Crippen LogP contribution in [0, 0.1) is 0 Å². The van der Waals surface area contributed by atoms with Crippen LogP contribution in [0.4, 0.5) is 0 Å². The summed E-state index contributed by atoms with van der Waals surface area (Å²) >= 11 is 0. The molecule has 1 amide bonds. The molecule has 3 N–H and O–H groups in total. The molecule has 0 aliphatic carbocycles. The number of nitrogens with one attached hydrogen (secondary N) is 1. The van der Waals surface area contributed by atoms with Gasteiger partial charge >= 0.3 is 5.97 Å². The van der Waals surface area contributed by atoms with Gasteiger partial charge in [-0.3, -0.25) is 9.59 Å². The molecule has 0 aromatic heterocycles. The average Bonchev–Trinajstić information content (AvgIpc) is 3.43. The predicted octanol–water partition coefficient (Wildman–Crippen LogP) is 22.5. The van der Waals surface area contributed by atoms with Crippen LogP contribution in [0.15, 0.2) is 24.3 Å². The molecule has 6 heteroatoms. The lowest BCUT2D eigenvalue weighted by Gasteiger charge is -2.20. The number of hydrogen-bond donors (Lipinski definition) is 3. The number of aliphatic hydroxyl groups excluding tert-OH is 2. The number of rotatable bonds is 66. The zero-order chi connectivity index (χ0) is 55.7. The zero-order valence-electron chi connectivity index (χ0n) is 52.2. The normalized spacial score (nSPS) is 12.6. The van der Waals surface area contributed by atoms with Crippen LogP contribution in [-0.4, -0.2) is 47.4 Å². The topological polar surface area (TPSA) is 95.9 Å². The molecule has 0 heterocycles. The summed E-state index contributed by atoms with van der Waals surface area (Å²) in [5, 5.41) is 23.0. The van der Waals surface area contributed by atoms with Crippen molar-refractivity contribution in [3.8, 4) is 0 Å². The maximum Gasteiger partial charge on any atom is 0.305 e. The number of esters is 1. The van der Waals surface area contributed by atoms with Crippen LogP contribution in [0.1, 0.15) is 393 Å². The smallest absolute Gasteiger partial charge is 0.305 e. The van der Waals surface area contributed by atoms with Crippen LogP contribution in [0.2, 0.25) is 0 Å². The molecule has 0 aromatic carbocycles. The fraction of sp³-hybridized carbons (Fsp3) is 0.915. The summed E-state index contributed by atoms with van der Waals surface area (Å²) in [4.78, 5) is 24.5. The Balaban J connectivity index is 3.28. The number of carbonyl (C=O) groups excluding carboxylic acids is 2. The average molecular weight is 1080 g/mol. The summed E-state index contributed by atoms with van der Waals surface area (Å²) in [7, 11) is 0. The minimum Gasteiger partial charge on any atom is -0.466 e. The molecule has 77 heavy (non-hydrogen) atoms. The SMILES string of the molecule is CCCCCC/C=C\CCCCCCCC(=O)OCCCCCCCCCCCCCCCCCCCCCCCCCCCCCCCCCCCCCCCC(=O)NC(CO)C(O)/C=C/CCCCCCCCCC. The second-order valence-corrected chi connectivity index (χ2v) is 24.2. The lowest BCUT2D eigenvalue weighted by atomic mass is 10.0. The Morgan fingerprint density at radius 3 is 0.935 bits per heavy atom. The molecule has 6 nitrogen and oxygen atoms in total. The van der Waals surface area contributed by atoms with Crippen LogP contribution >= 0.6 is 0 Å². The molecule has 0 bridgehead atoms. The van der Waals surface area contributed by atoms with Crippen molar-refractivity contribution in [3.05, 3.63) is 24.3 Å². The van der Waals surface area contributed by atoms with Crippen LogP contribution in [0.5, 0.6) is 0 Å². The van der Waals surface area contributed by atoms with E-state index in [9.17, 15) is 19.8 Å². The minimum atomic E-state index is -0.838. The fourth-order valence-corrected chi connectivity index (χ4v) is 11.1. The molecule has 0 aliphatic rings. The van der Waals surface area contributed by atoms with Gasteiger partial charge in [0.15, 0.2) is 0 Å². The van der Waals surface area contributed by atoms with Gasteiger partial charge in [-0.2, -0.15) is 0 Å². The summed E-state index contributed by atoms with van der Waals surface area (Å²) in [5.74, 6) is -0.0483. The Hall–Kier alpha value is -1.66. The van der Waals surface area contributed by atoms with Crippen molar-refractivity contribution >= 4 is 11.9 Å². The summed E-state index contributed by atoms with van der Waals surface area (Å²) in [6.45, 7) is 4.89. The molecule has 0 radical (unpaired) electrons. The standard InChI is InChI=1S/C71H137NO5/c1-3-5-7-9-11-13-15-41-45-49-53-57-61-65-71(76)77-66-62-58-54-50-46-43-40-38-36-34-32-30-28-26-24-22-20-18-16-17-19-21-23-25-27-29-31-33-35-37-39-42-44-48-52-56-60-64-70(75)72-68(67-73)69(74)63-59-55-51-47-14-12-10-8-6-4-2/h13,15,59,63,68-69,73-74H,3-12,14,16-58,60-62,64-67H2,1-2H3,(H,72,75)/b15-13-,63-59+. The molecule has 2 atom stereocenters. The highest BCUT2D eigenvalue weighted by molar-refractivity contribution is 5.76. The maximum atomic E-state index is 12.4. The Kier molecular flexibility index (Phi) is 65.4. The van der Waals surface area contributed by atoms with E-state index in [0.717, 1.165) is 44.9 Å². The third-order valence-electron chi connectivity index (χ3n) is 16.5. The molecule has 0 fully saturated rings. The number of ether oxygens (including phenoxy) is 1. The van der Waals surface area contributed by atoms with Gasteiger partial charge in [0.25, 0.3) is 0 Å². The van der Waals surface area contributed by atoms with E-state index in [2.05, 4.69) is 31.3 Å². The first kappa shape index (κ1) is 75.3. The summed E-state index contributed by atoms with van der Waals surface area (Å²) < 4.78 is 5.48. The van der Waals surface area contributed by atoms with E-state index in [1.165, 1.54) is 321 Å². The Labute approximate surface area is 481 Å². The molecule has 0 aliphatic heterocycles. The van der Waals surface area contributed by atoms with E-state index >= 15 is 0 Å². The first-order valence-corrected chi connectivity index (χ1v) is 35.1. The Bertz CT molecular complexity index is 1200. The van der Waals surface area contributed by atoms with Gasteiger partial charge in [-0.25, -0.2) is 0 Å². The van der Waals surface area contributed by atoms with Gasteiger partial charge in [-0.1, -0.05) is 346 Å². The monoisotopic (exact) mass is 1080 g/mol. The highest BCUT2D eigenvalue weighted by atomic mass is 16.5. The number of amides is 1. The second-order valence-electron chi connectivity index (χ2n) is 24.2. The quantitative estimate of drug-likeness (QED) is 0.0320. The van der Waals surface area contributed by atoms with Crippen molar-refractivity contribution in [3.63, 3.8) is 0 Å². The molecule has 2 unspecified atom stereocenters. The number of aliphatic hydroxyl groups is 2. The Morgan fingerprint density at radius 1 is 0.351 bits per heavy atom. The minimum absolute atomic E-state index is 0.0142. The highest BCUT2D eigenvalue weighted by Crippen LogP contribution is 2.19. The van der Waals surface area contributed by atoms with E-state index in [1.54, 1.807) is 6.08 Å². The molecule has 0 saturated carbocycles. The van der Waals surface area contributed by atoms with Crippen molar-refractivity contribution < 1.29 is 24.5 Å². The largest absolute Gasteiger partial charge is 0.466 e. The van der Waals surface area contributed by atoms with Crippen molar-refractivity contribution in [1.82, 2.24) is 5.32 Å². The Morgan fingerprint density at radius 2 is 0.610 bits per heavy atom. The van der Waals surface area contributed by atoms with Crippen molar-refractivity contribution in [2.75, 3.05) is 13.2 Å². The molecular formula is C71H137NO5. The van der Waals surface area contributed by atoms with Gasteiger partial charge in [-0.05, 0) is 57.8 Å². The van der Waals surface area contributed by atoms with Gasteiger partial charge in [0.1, 0.15) is 0 Å². The highest BCUT2D eigenvalue weighted by Gasteiger charge is 2.18. The summed E-state index contributed by atoms with van der Waals surface area (Å²) in [5.41, 5.74) is 0. The first-order valence-electron chi connectivity index (χ1n) is 35.1. The maximum absolute atomic E-state index is 12.4. The van der Waals surface area contributed by atoms with Crippen LogP contribution in [0.25, 0.3) is 0 Å². The van der Waals surface area contributed by atoms with E-state index in [1.807, 2.05) is 6.08 Å². The molecule has 0 saturated heterocycles. The van der Waals surface area contributed by atoms with Crippen molar-refractivity contribution in [2.24, 2.45) is 0 Å². The number of hydrogen-bond acceptors (Lipinski definition) is 5. The van der Waals surface area contributed by atoms with Crippen LogP contribution < -0.4 is 5.32 Å². The number of unbranched alkanes of at least 4 members (excludes halogenated alkanes) is 53. The van der Waals surface area contributed by atoms with E-state index < -0.39 is 12.1 Å². The third kappa shape index (κ3) is 63.4. The first-order chi connectivity index (χ1) is 38.0. The third-order valence-corrected chi connectivity index (χ3v) is 16.5. The van der Waals surface area contributed by atoms with Gasteiger partial charge in [0.05, 0.1) is 25.4 Å². The van der Waals surface area contributed by atoms with Gasteiger partial charge < -0.3 is 20.3 Å². The number of carbonyl (C=O) groups is 2. The van der Waals surface area contributed by atoms with Gasteiger partial charge in [0, 0.05) is 12.8 Å². The van der Waals surface area contributed by atoms with Crippen molar-refractivity contribution in [2.45, 2.75) is 405 Å². The van der Waals surface area contributed by atoms with E-state index in [-0.39, 0.29) is 18.5 Å². The molecular weight excluding hydrogens is 947 g/mol. The lowest BCUT2D eigenvalue weighted by Crippen LogP contribution is -2.45. The lowest BCUT2D eigenvalue weighted by molar-refractivity contribution is -0.143. The molecule has 456 valence electrons. The molecule has 0 spiro atoms. The molecule has 0 aromatic rings. The summed E-state index contributed by atoms with van der Waals surface area (Å²) in [6, 6.07) is -0.621. The van der Waals surface area contributed by atoms with E-state index in [0.29, 0.717) is 19.4 Å². The fourth-order valence-electron chi connectivity index (χ4n) is 11.1. The van der Waals surface area contributed by atoms with Crippen LogP contribution in [-0.2, 0) is 14.3 Å². The zero-order valence-corrected chi connectivity index (χ0v) is 52.2. The van der Waals surface area contributed by atoms with Gasteiger partial charge in [-0.15, -0.1) is 0 Å². The van der Waals surface area contributed by atoms with E-state index in [4.69, 9.17) is 4.74 Å². The van der Waals surface area contributed by atoms with Crippen molar-refractivity contribution in [1.29, 1.82) is 0 Å². The summed E-state index contributed by atoms with van der Waals surface area (Å²) in [6.07, 6.45) is 84.3. The predicted molar refractivity (Wildman–Crippen MR) is 338 cm³/mol. The second kappa shape index (κ2) is 66.8. The van der Waals surface area contributed by atoms with Crippen LogP contribution in [0.3, 0.4) is 0 Å². The number of allylic oxidation sites excluding steroid dienone is 3.